The summed E-state index contributed by atoms with van der Waals surface area (Å²) in [6.45, 7) is 18.6. The molecular formula is C13H29N. The van der Waals surface area contributed by atoms with E-state index in [1.165, 1.54) is 19.4 Å². The van der Waals surface area contributed by atoms with Crippen molar-refractivity contribution in [2.45, 2.75) is 66.8 Å². The molecule has 0 aromatic heterocycles. The van der Waals surface area contributed by atoms with Crippen molar-refractivity contribution in [1.29, 1.82) is 0 Å². The average molecular weight is 199 g/mol. The molecule has 0 unspecified atom stereocenters. The molecule has 0 aliphatic heterocycles. The van der Waals surface area contributed by atoms with Crippen LogP contribution in [0.1, 0.15) is 61.3 Å². The Hall–Kier alpha value is -0.0400. The third-order valence-electron chi connectivity index (χ3n) is 2.76. The first-order chi connectivity index (χ1) is 6.23. The number of nitrogens with zero attached hydrogens (tertiary/aromatic N) is 1. The quantitative estimate of drug-likeness (QED) is 0.648. The summed E-state index contributed by atoms with van der Waals surface area (Å²) in [7, 11) is 0. The summed E-state index contributed by atoms with van der Waals surface area (Å²) >= 11 is 0. The molecule has 0 aliphatic rings. The van der Waals surface area contributed by atoms with Crippen LogP contribution in [-0.2, 0) is 0 Å². The summed E-state index contributed by atoms with van der Waals surface area (Å²) in [5.41, 5.74) is 0.762. The van der Waals surface area contributed by atoms with E-state index in [4.69, 9.17) is 0 Å². The van der Waals surface area contributed by atoms with Gasteiger partial charge in [0.15, 0.2) is 0 Å². The van der Waals surface area contributed by atoms with Crippen molar-refractivity contribution in [3.63, 3.8) is 0 Å². The molecule has 0 rings (SSSR count). The first-order valence-corrected chi connectivity index (χ1v) is 5.98. The van der Waals surface area contributed by atoms with Crippen molar-refractivity contribution in [3.8, 4) is 0 Å². The molecule has 0 saturated heterocycles. The molecule has 0 fully saturated rings. The van der Waals surface area contributed by atoms with E-state index >= 15 is 0 Å². The van der Waals surface area contributed by atoms with E-state index in [0.29, 0.717) is 11.0 Å². The molecule has 0 bridgehead atoms. The van der Waals surface area contributed by atoms with E-state index < -0.39 is 0 Å². The molecule has 0 N–H and O–H groups in total. The molecule has 0 saturated carbocycles. The van der Waals surface area contributed by atoms with E-state index in [2.05, 4.69) is 53.4 Å². The minimum atomic E-state index is 0.358. The second-order valence-electron chi connectivity index (χ2n) is 6.14. The zero-order chi connectivity index (χ0) is 11.4. The Morgan fingerprint density at radius 2 is 1.43 bits per heavy atom. The van der Waals surface area contributed by atoms with Crippen LogP contribution in [0, 0.1) is 5.41 Å². The molecule has 1 nitrogen and oxygen atoms in total. The first-order valence-electron chi connectivity index (χ1n) is 5.98. The van der Waals surface area contributed by atoms with Gasteiger partial charge in [0.05, 0.1) is 0 Å². The molecule has 0 atom stereocenters. The van der Waals surface area contributed by atoms with Crippen molar-refractivity contribution in [2.24, 2.45) is 5.41 Å². The van der Waals surface area contributed by atoms with Crippen LogP contribution in [0.4, 0.5) is 0 Å². The van der Waals surface area contributed by atoms with Crippen molar-refractivity contribution in [2.75, 3.05) is 13.1 Å². The van der Waals surface area contributed by atoms with Crippen molar-refractivity contribution in [3.05, 3.63) is 0 Å². The van der Waals surface area contributed by atoms with Crippen molar-refractivity contribution < 1.29 is 0 Å². The minimum Gasteiger partial charge on any atom is -0.298 e. The Labute approximate surface area is 90.9 Å². The molecular weight excluding hydrogens is 170 g/mol. The highest BCUT2D eigenvalue weighted by Gasteiger charge is 2.27. The minimum absolute atomic E-state index is 0.358. The average Bonchev–Trinajstić information content (AvgIpc) is 1.98. The second kappa shape index (κ2) is 5.16. The summed E-state index contributed by atoms with van der Waals surface area (Å²) in [5.74, 6) is 0. The maximum absolute atomic E-state index is 2.61. The molecule has 0 aromatic carbocycles. The maximum Gasteiger partial charge on any atom is 0.0153 e. The first kappa shape index (κ1) is 14.0. The zero-order valence-corrected chi connectivity index (χ0v) is 11.3. The monoisotopic (exact) mass is 199 g/mol. The van der Waals surface area contributed by atoms with E-state index in [9.17, 15) is 0 Å². The van der Waals surface area contributed by atoms with Gasteiger partial charge in [-0.15, -0.1) is 0 Å². The van der Waals surface area contributed by atoms with Gasteiger partial charge in [-0.1, -0.05) is 41.0 Å². The fraction of sp³-hybridized carbons (Fsp3) is 1.00. The molecule has 0 heterocycles. The molecule has 0 aromatic rings. The van der Waals surface area contributed by atoms with Gasteiger partial charge < -0.3 is 0 Å². The van der Waals surface area contributed by atoms with Crippen LogP contribution in [0.3, 0.4) is 0 Å². The topological polar surface area (TPSA) is 3.24 Å². The molecule has 86 valence electrons. The highest BCUT2D eigenvalue weighted by Crippen LogP contribution is 2.25. The van der Waals surface area contributed by atoms with Crippen molar-refractivity contribution >= 4 is 0 Å². The summed E-state index contributed by atoms with van der Waals surface area (Å²) < 4.78 is 0. The highest BCUT2D eigenvalue weighted by atomic mass is 15.2. The highest BCUT2D eigenvalue weighted by molar-refractivity contribution is 4.83. The number of rotatable bonds is 5. The zero-order valence-electron chi connectivity index (χ0n) is 11.3. The van der Waals surface area contributed by atoms with Gasteiger partial charge in [-0.05, 0) is 32.2 Å². The summed E-state index contributed by atoms with van der Waals surface area (Å²) in [6.07, 6.45) is 2.56. The van der Waals surface area contributed by atoms with Crippen LogP contribution >= 0.6 is 0 Å². The van der Waals surface area contributed by atoms with Gasteiger partial charge in [0, 0.05) is 12.1 Å². The fourth-order valence-electron chi connectivity index (χ4n) is 2.10. The predicted octanol–water partition coefficient (Wildman–Crippen LogP) is 3.93. The van der Waals surface area contributed by atoms with E-state index in [0.717, 1.165) is 6.54 Å². The van der Waals surface area contributed by atoms with Crippen LogP contribution in [-0.4, -0.2) is 23.5 Å². The van der Waals surface area contributed by atoms with Crippen LogP contribution in [0.15, 0.2) is 0 Å². The van der Waals surface area contributed by atoms with Gasteiger partial charge >= 0.3 is 0 Å². The predicted molar refractivity (Wildman–Crippen MR) is 65.7 cm³/mol. The largest absolute Gasteiger partial charge is 0.298 e. The van der Waals surface area contributed by atoms with Gasteiger partial charge in [-0.3, -0.25) is 4.90 Å². The number of hydrogen-bond acceptors (Lipinski definition) is 1. The lowest BCUT2D eigenvalue weighted by Gasteiger charge is -2.41. The van der Waals surface area contributed by atoms with E-state index in [1.807, 2.05) is 0 Å². The molecule has 0 spiro atoms. The van der Waals surface area contributed by atoms with Crippen LogP contribution in [0.2, 0.25) is 0 Å². The number of hydrogen-bond donors (Lipinski definition) is 0. The summed E-state index contributed by atoms with van der Waals surface area (Å²) in [5, 5.41) is 0. The lowest BCUT2D eigenvalue weighted by Crippen LogP contribution is -2.47. The van der Waals surface area contributed by atoms with Gasteiger partial charge in [0.1, 0.15) is 0 Å². The lowest BCUT2D eigenvalue weighted by molar-refractivity contribution is 0.0772. The SMILES string of the molecule is CCCC(C)(C)N(CC)CC(C)(C)C. The van der Waals surface area contributed by atoms with E-state index in [1.54, 1.807) is 0 Å². The molecule has 0 radical (unpaired) electrons. The molecule has 14 heavy (non-hydrogen) atoms. The third-order valence-corrected chi connectivity index (χ3v) is 2.76. The normalized spacial score (nSPS) is 13.7. The second-order valence-corrected chi connectivity index (χ2v) is 6.14. The molecule has 0 amide bonds. The van der Waals surface area contributed by atoms with Crippen molar-refractivity contribution in [1.82, 2.24) is 4.90 Å². The summed E-state index contributed by atoms with van der Waals surface area (Å²) in [4.78, 5) is 2.61. The smallest absolute Gasteiger partial charge is 0.0153 e. The van der Waals surface area contributed by atoms with Gasteiger partial charge in [-0.2, -0.15) is 0 Å². The van der Waals surface area contributed by atoms with Crippen LogP contribution in [0.25, 0.3) is 0 Å². The standard InChI is InChI=1S/C13H29N/c1-8-10-13(6,7)14(9-2)11-12(3,4)5/h8-11H2,1-7H3. The van der Waals surface area contributed by atoms with Crippen LogP contribution in [0.5, 0.6) is 0 Å². The van der Waals surface area contributed by atoms with E-state index in [-0.39, 0.29) is 0 Å². The molecule has 0 aliphatic carbocycles. The van der Waals surface area contributed by atoms with Gasteiger partial charge in [0.25, 0.3) is 0 Å². The fourth-order valence-corrected chi connectivity index (χ4v) is 2.10. The maximum atomic E-state index is 2.61. The molecule has 1 heteroatoms. The Balaban J connectivity index is 4.39. The lowest BCUT2D eigenvalue weighted by atomic mass is 9.90. The van der Waals surface area contributed by atoms with Gasteiger partial charge in [0.2, 0.25) is 0 Å². The Morgan fingerprint density at radius 3 is 1.71 bits per heavy atom. The third kappa shape index (κ3) is 4.99. The Kier molecular flexibility index (Phi) is 5.14. The Bertz CT molecular complexity index is 153. The van der Waals surface area contributed by atoms with Crippen LogP contribution < -0.4 is 0 Å². The van der Waals surface area contributed by atoms with Gasteiger partial charge in [-0.25, -0.2) is 0 Å². The summed E-state index contributed by atoms with van der Waals surface area (Å²) in [6, 6.07) is 0. The Morgan fingerprint density at radius 1 is 0.929 bits per heavy atom.